The van der Waals surface area contributed by atoms with Gasteiger partial charge in [-0.3, -0.25) is 9.59 Å². The van der Waals surface area contributed by atoms with Gasteiger partial charge in [-0.05, 0) is 25.1 Å². The molecule has 0 aliphatic heterocycles. The number of rotatable bonds is 6. The third-order valence-electron chi connectivity index (χ3n) is 5.52. The van der Waals surface area contributed by atoms with Gasteiger partial charge in [0.25, 0.3) is 5.56 Å². The number of hydrogen-bond acceptors (Lipinski definition) is 5. The number of carbonyl (C=O) groups excluding carboxylic acids is 1. The molecule has 8 heteroatoms. The van der Waals surface area contributed by atoms with E-state index in [0.717, 1.165) is 21.9 Å². The summed E-state index contributed by atoms with van der Waals surface area (Å²) in [7, 11) is 4.76. The van der Waals surface area contributed by atoms with Crippen molar-refractivity contribution in [3.05, 3.63) is 64.6 Å². The maximum Gasteiger partial charge on any atom is 0.291 e. The van der Waals surface area contributed by atoms with E-state index in [1.54, 1.807) is 45.0 Å². The van der Waals surface area contributed by atoms with Crippen LogP contribution in [0.5, 0.6) is 11.5 Å². The number of amides is 1. The van der Waals surface area contributed by atoms with Crippen LogP contribution in [0.15, 0.2) is 53.5 Å². The van der Waals surface area contributed by atoms with Crippen molar-refractivity contribution in [2.45, 2.75) is 19.5 Å². The van der Waals surface area contributed by atoms with Crippen LogP contribution in [0.2, 0.25) is 0 Å². The van der Waals surface area contributed by atoms with Crippen molar-refractivity contribution in [2.75, 3.05) is 14.2 Å². The summed E-state index contributed by atoms with van der Waals surface area (Å²) in [5, 5.41) is 8.73. The third kappa shape index (κ3) is 3.50. The number of ether oxygens (including phenoxy) is 2. The molecule has 0 saturated heterocycles. The molecule has 0 aliphatic carbocycles. The summed E-state index contributed by atoms with van der Waals surface area (Å²) in [5.41, 5.74) is 1.85. The molecule has 2 aromatic carbocycles. The number of nitrogens with zero attached hydrogens (tertiary/aromatic N) is 3. The molecule has 4 aromatic rings. The van der Waals surface area contributed by atoms with E-state index in [-0.39, 0.29) is 18.0 Å². The first kappa shape index (κ1) is 20.5. The molecule has 0 radical (unpaired) electrons. The van der Waals surface area contributed by atoms with Crippen molar-refractivity contribution in [3.8, 4) is 11.5 Å². The van der Waals surface area contributed by atoms with E-state index in [1.807, 2.05) is 36.4 Å². The summed E-state index contributed by atoms with van der Waals surface area (Å²) in [4.78, 5) is 26.0. The van der Waals surface area contributed by atoms with E-state index in [1.165, 1.54) is 4.68 Å². The van der Waals surface area contributed by atoms with Gasteiger partial charge in [-0.2, -0.15) is 5.10 Å². The molecule has 0 fully saturated rings. The number of fused-ring (bicyclic) bond motifs is 3. The van der Waals surface area contributed by atoms with Gasteiger partial charge in [0.15, 0.2) is 0 Å². The fourth-order valence-electron chi connectivity index (χ4n) is 3.84. The van der Waals surface area contributed by atoms with Gasteiger partial charge in [-0.1, -0.05) is 18.2 Å². The fourth-order valence-corrected chi connectivity index (χ4v) is 3.84. The van der Waals surface area contributed by atoms with E-state index in [4.69, 9.17) is 9.47 Å². The lowest BCUT2D eigenvalue weighted by atomic mass is 10.2. The quantitative estimate of drug-likeness (QED) is 0.518. The number of nitrogens with one attached hydrogen (secondary N) is 1. The first-order chi connectivity index (χ1) is 15.0. The Morgan fingerprint density at radius 2 is 1.90 bits per heavy atom. The zero-order valence-electron chi connectivity index (χ0n) is 17.9. The van der Waals surface area contributed by atoms with E-state index in [0.29, 0.717) is 17.0 Å². The lowest BCUT2D eigenvalue weighted by molar-refractivity contribution is -0.123. The number of para-hydroxylation sites is 1. The highest BCUT2D eigenvalue weighted by molar-refractivity contribution is 6.08. The molecule has 2 heterocycles. The smallest absolute Gasteiger partial charge is 0.291 e. The molecular formula is C23H24N4O4. The summed E-state index contributed by atoms with van der Waals surface area (Å²) >= 11 is 0. The standard InChI is InChI=1S/C23H24N4O4/c1-14(22(28)24-12-15-9-10-16(30-3)11-20(15)31-4)27-19-8-6-5-7-17(19)18-13-25-26(2)23(29)21(18)27/h5-11,13-14H,12H2,1-4H3,(H,24,28). The summed E-state index contributed by atoms with van der Waals surface area (Å²) in [5.74, 6) is 1.10. The van der Waals surface area contributed by atoms with Crippen LogP contribution in [0.1, 0.15) is 18.5 Å². The van der Waals surface area contributed by atoms with Gasteiger partial charge in [-0.25, -0.2) is 4.68 Å². The largest absolute Gasteiger partial charge is 0.497 e. The van der Waals surface area contributed by atoms with Crippen molar-refractivity contribution in [2.24, 2.45) is 7.05 Å². The van der Waals surface area contributed by atoms with Crippen LogP contribution in [0.3, 0.4) is 0 Å². The molecule has 1 amide bonds. The minimum absolute atomic E-state index is 0.209. The van der Waals surface area contributed by atoms with Crippen molar-refractivity contribution < 1.29 is 14.3 Å². The molecule has 0 aliphatic rings. The predicted octanol–water partition coefficient (Wildman–Crippen LogP) is 2.78. The second kappa shape index (κ2) is 8.14. The Labute approximate surface area is 179 Å². The number of hydrogen-bond donors (Lipinski definition) is 1. The zero-order chi connectivity index (χ0) is 22.1. The van der Waals surface area contributed by atoms with Gasteiger partial charge >= 0.3 is 0 Å². The predicted molar refractivity (Wildman–Crippen MR) is 119 cm³/mol. The van der Waals surface area contributed by atoms with Crippen LogP contribution in [-0.4, -0.2) is 34.5 Å². The number of benzene rings is 2. The zero-order valence-corrected chi connectivity index (χ0v) is 17.9. The molecule has 2 aromatic heterocycles. The highest BCUT2D eigenvalue weighted by atomic mass is 16.5. The first-order valence-corrected chi connectivity index (χ1v) is 9.89. The lowest BCUT2D eigenvalue weighted by Gasteiger charge is -2.17. The Balaban J connectivity index is 1.70. The maximum absolute atomic E-state index is 13.1. The molecule has 1 N–H and O–H groups in total. The molecule has 0 bridgehead atoms. The Kier molecular flexibility index (Phi) is 5.37. The second-order valence-electron chi connectivity index (χ2n) is 7.29. The van der Waals surface area contributed by atoms with Gasteiger partial charge < -0.3 is 19.4 Å². The Hall–Kier alpha value is -3.81. The molecule has 160 valence electrons. The maximum atomic E-state index is 13.1. The van der Waals surface area contributed by atoms with Gasteiger partial charge in [-0.15, -0.1) is 0 Å². The van der Waals surface area contributed by atoms with E-state index >= 15 is 0 Å². The molecule has 8 nitrogen and oxygen atoms in total. The monoisotopic (exact) mass is 420 g/mol. The summed E-state index contributed by atoms with van der Waals surface area (Å²) < 4.78 is 13.7. The number of carbonyl (C=O) groups is 1. The molecule has 4 rings (SSSR count). The van der Waals surface area contributed by atoms with Gasteiger partial charge in [0.1, 0.15) is 23.1 Å². The Bertz CT molecular complexity index is 1340. The van der Waals surface area contributed by atoms with Crippen molar-refractivity contribution in [1.29, 1.82) is 0 Å². The second-order valence-corrected chi connectivity index (χ2v) is 7.29. The average molecular weight is 420 g/mol. The molecule has 0 saturated carbocycles. The third-order valence-corrected chi connectivity index (χ3v) is 5.52. The highest BCUT2D eigenvalue weighted by Gasteiger charge is 2.23. The molecular weight excluding hydrogens is 396 g/mol. The van der Waals surface area contributed by atoms with Crippen molar-refractivity contribution in [1.82, 2.24) is 19.7 Å². The summed E-state index contributed by atoms with van der Waals surface area (Å²) in [6, 6.07) is 12.5. The van der Waals surface area contributed by atoms with Crippen molar-refractivity contribution in [3.63, 3.8) is 0 Å². The van der Waals surface area contributed by atoms with Crippen LogP contribution in [0, 0.1) is 0 Å². The number of methoxy groups -OCH3 is 2. The van der Waals surface area contributed by atoms with Crippen LogP contribution in [-0.2, 0) is 18.4 Å². The minimum atomic E-state index is -0.609. The van der Waals surface area contributed by atoms with E-state index < -0.39 is 6.04 Å². The molecule has 1 atom stereocenters. The number of aryl methyl sites for hydroxylation is 1. The summed E-state index contributed by atoms with van der Waals surface area (Å²) in [6.45, 7) is 2.07. The van der Waals surface area contributed by atoms with Crippen LogP contribution in [0.25, 0.3) is 21.8 Å². The van der Waals surface area contributed by atoms with Gasteiger partial charge in [0, 0.05) is 36.0 Å². The topological polar surface area (TPSA) is 87.4 Å². The Morgan fingerprint density at radius 1 is 1.13 bits per heavy atom. The highest BCUT2D eigenvalue weighted by Crippen LogP contribution is 2.30. The lowest BCUT2D eigenvalue weighted by Crippen LogP contribution is -2.32. The molecule has 1 unspecified atom stereocenters. The SMILES string of the molecule is COc1ccc(CNC(=O)C(C)n2c3ccccc3c3cnn(C)c(=O)c32)c(OC)c1. The van der Waals surface area contributed by atoms with E-state index in [2.05, 4.69) is 10.4 Å². The van der Waals surface area contributed by atoms with Crippen LogP contribution >= 0.6 is 0 Å². The van der Waals surface area contributed by atoms with Gasteiger partial charge in [0.2, 0.25) is 5.91 Å². The summed E-state index contributed by atoms with van der Waals surface area (Å²) in [6.07, 6.45) is 1.67. The Morgan fingerprint density at radius 3 is 2.65 bits per heavy atom. The minimum Gasteiger partial charge on any atom is -0.497 e. The fraction of sp³-hybridized carbons (Fsp3) is 0.261. The van der Waals surface area contributed by atoms with Crippen molar-refractivity contribution >= 4 is 27.7 Å². The van der Waals surface area contributed by atoms with Gasteiger partial charge in [0.05, 0.1) is 25.9 Å². The van der Waals surface area contributed by atoms with Crippen LogP contribution < -0.4 is 20.3 Å². The molecule has 0 spiro atoms. The van der Waals surface area contributed by atoms with Crippen LogP contribution in [0.4, 0.5) is 0 Å². The first-order valence-electron chi connectivity index (χ1n) is 9.89. The normalized spacial score (nSPS) is 12.1. The molecule has 31 heavy (non-hydrogen) atoms. The number of aromatic nitrogens is 3. The van der Waals surface area contributed by atoms with E-state index in [9.17, 15) is 9.59 Å². The average Bonchev–Trinajstić information content (AvgIpc) is 3.14.